The molecule has 0 amide bonds. The Balaban J connectivity index is 2.30. The molecular weight excluding hydrogens is 311 g/mol. The molecule has 0 radical (unpaired) electrons. The van der Waals surface area contributed by atoms with Gasteiger partial charge in [-0.3, -0.25) is 0 Å². The first kappa shape index (κ1) is 12.5. The van der Waals surface area contributed by atoms with E-state index in [4.69, 9.17) is 23.2 Å². The maximum atomic E-state index is 6.18. The topological polar surface area (TPSA) is 16.1 Å². The van der Waals surface area contributed by atoms with Gasteiger partial charge >= 0.3 is 0 Å². The number of hydrogen-bond donors (Lipinski definition) is 0. The zero-order valence-corrected chi connectivity index (χ0v) is 12.1. The molecule has 2 rings (SSSR count). The molecular formula is C11H13BrCl2N2. The minimum absolute atomic E-state index is 0.464. The van der Waals surface area contributed by atoms with Gasteiger partial charge in [0.1, 0.15) is 5.82 Å². The monoisotopic (exact) mass is 322 g/mol. The fraction of sp³-hybridized carbons (Fsp3) is 0.545. The van der Waals surface area contributed by atoms with Crippen molar-refractivity contribution in [3.05, 3.63) is 22.3 Å². The Morgan fingerprint density at radius 2 is 2.31 bits per heavy atom. The number of aromatic nitrogens is 1. The van der Waals surface area contributed by atoms with Gasteiger partial charge in [0.25, 0.3) is 0 Å². The van der Waals surface area contributed by atoms with Crippen LogP contribution in [0.5, 0.6) is 0 Å². The van der Waals surface area contributed by atoms with E-state index in [1.165, 1.54) is 6.42 Å². The Hall–Kier alpha value is 0.01000. The first-order valence-corrected chi connectivity index (χ1v) is 7.15. The normalized spacial score (nSPS) is 25.1. The van der Waals surface area contributed by atoms with Crippen LogP contribution in [0.3, 0.4) is 0 Å². The molecule has 2 heterocycles. The van der Waals surface area contributed by atoms with Gasteiger partial charge in [-0.15, -0.1) is 0 Å². The van der Waals surface area contributed by atoms with Crippen LogP contribution in [0.25, 0.3) is 0 Å². The standard InChI is InChI=1S/C11H13BrCl2N2/c1-7-2-3-16(10(7)5-12)11-9(14)4-8(13)6-15-11/h4,6-7,10H,2-3,5H2,1H3. The van der Waals surface area contributed by atoms with Crippen molar-refractivity contribution >= 4 is 44.9 Å². The Morgan fingerprint density at radius 1 is 1.56 bits per heavy atom. The molecule has 0 N–H and O–H groups in total. The molecule has 2 atom stereocenters. The molecule has 1 aromatic rings. The number of anilines is 1. The van der Waals surface area contributed by atoms with Gasteiger partial charge < -0.3 is 4.90 Å². The zero-order valence-electron chi connectivity index (χ0n) is 8.96. The third-order valence-electron chi connectivity index (χ3n) is 3.10. The summed E-state index contributed by atoms with van der Waals surface area (Å²) in [7, 11) is 0. The molecule has 1 aliphatic heterocycles. The van der Waals surface area contributed by atoms with Gasteiger partial charge in [0, 0.05) is 24.1 Å². The maximum absolute atomic E-state index is 6.18. The molecule has 1 aromatic heterocycles. The summed E-state index contributed by atoms with van der Waals surface area (Å²) in [6, 6.07) is 2.21. The third kappa shape index (κ3) is 2.31. The van der Waals surface area contributed by atoms with Crippen molar-refractivity contribution in [2.45, 2.75) is 19.4 Å². The molecule has 0 spiro atoms. The van der Waals surface area contributed by atoms with Crippen LogP contribution in [0.1, 0.15) is 13.3 Å². The van der Waals surface area contributed by atoms with Crippen LogP contribution in [0, 0.1) is 5.92 Å². The highest BCUT2D eigenvalue weighted by Gasteiger charge is 2.32. The minimum Gasteiger partial charge on any atom is -0.351 e. The van der Waals surface area contributed by atoms with Crippen LogP contribution in [0.2, 0.25) is 10.0 Å². The Kier molecular flexibility index (Phi) is 3.98. The van der Waals surface area contributed by atoms with Crippen LogP contribution in [0.15, 0.2) is 12.3 Å². The molecule has 0 aliphatic carbocycles. The number of halogens is 3. The molecule has 0 saturated carbocycles. The van der Waals surface area contributed by atoms with Gasteiger partial charge in [0.05, 0.1) is 10.0 Å². The lowest BCUT2D eigenvalue weighted by molar-refractivity contribution is 0.553. The van der Waals surface area contributed by atoms with Crippen LogP contribution in [-0.4, -0.2) is 22.9 Å². The van der Waals surface area contributed by atoms with E-state index in [0.29, 0.717) is 22.0 Å². The molecule has 0 bridgehead atoms. The fourth-order valence-electron chi connectivity index (χ4n) is 2.13. The molecule has 1 fully saturated rings. The van der Waals surface area contributed by atoms with E-state index >= 15 is 0 Å². The Labute approximate surface area is 114 Å². The van der Waals surface area contributed by atoms with Gasteiger partial charge in [-0.05, 0) is 18.4 Å². The van der Waals surface area contributed by atoms with Gasteiger partial charge in [-0.2, -0.15) is 0 Å². The van der Waals surface area contributed by atoms with E-state index in [9.17, 15) is 0 Å². The van der Waals surface area contributed by atoms with Crippen molar-refractivity contribution in [3.8, 4) is 0 Å². The largest absolute Gasteiger partial charge is 0.351 e. The lowest BCUT2D eigenvalue weighted by atomic mass is 10.1. The Bertz CT molecular complexity index is 386. The predicted molar refractivity (Wildman–Crippen MR) is 73.0 cm³/mol. The summed E-state index contributed by atoms with van der Waals surface area (Å²) in [5.41, 5.74) is 0. The first-order chi connectivity index (χ1) is 7.63. The highest BCUT2D eigenvalue weighted by atomic mass is 79.9. The van der Waals surface area contributed by atoms with E-state index in [0.717, 1.165) is 17.7 Å². The number of nitrogens with zero attached hydrogens (tertiary/aromatic N) is 2. The molecule has 88 valence electrons. The molecule has 0 aromatic carbocycles. The molecule has 16 heavy (non-hydrogen) atoms. The lowest BCUT2D eigenvalue weighted by Gasteiger charge is -2.27. The van der Waals surface area contributed by atoms with Crippen LogP contribution < -0.4 is 4.90 Å². The molecule has 5 heteroatoms. The van der Waals surface area contributed by atoms with Crippen LogP contribution in [0.4, 0.5) is 5.82 Å². The number of rotatable bonds is 2. The third-order valence-corrected chi connectivity index (χ3v) is 4.25. The molecule has 1 saturated heterocycles. The summed E-state index contributed by atoms with van der Waals surface area (Å²) in [5.74, 6) is 1.51. The maximum Gasteiger partial charge on any atom is 0.147 e. The van der Waals surface area contributed by atoms with E-state index in [2.05, 4.69) is 32.7 Å². The van der Waals surface area contributed by atoms with Crippen LogP contribution >= 0.6 is 39.1 Å². The average Bonchev–Trinajstić information content (AvgIpc) is 2.59. The second-order valence-corrected chi connectivity index (χ2v) is 5.63. The second-order valence-electron chi connectivity index (χ2n) is 4.14. The van der Waals surface area contributed by atoms with Crippen molar-refractivity contribution in [2.24, 2.45) is 5.92 Å². The zero-order chi connectivity index (χ0) is 11.7. The highest BCUT2D eigenvalue weighted by Crippen LogP contribution is 2.34. The summed E-state index contributed by atoms with van der Waals surface area (Å²) in [5, 5.41) is 2.15. The molecule has 2 unspecified atom stereocenters. The Morgan fingerprint density at radius 3 is 2.94 bits per heavy atom. The lowest BCUT2D eigenvalue weighted by Crippen LogP contribution is -2.34. The van der Waals surface area contributed by atoms with Gasteiger partial charge in [0.15, 0.2) is 0 Å². The van der Waals surface area contributed by atoms with E-state index < -0.39 is 0 Å². The average molecular weight is 324 g/mol. The van der Waals surface area contributed by atoms with Gasteiger partial charge in [0.2, 0.25) is 0 Å². The number of hydrogen-bond acceptors (Lipinski definition) is 2. The van der Waals surface area contributed by atoms with Crippen molar-refractivity contribution in [3.63, 3.8) is 0 Å². The van der Waals surface area contributed by atoms with E-state index in [-0.39, 0.29) is 0 Å². The number of pyridine rings is 1. The summed E-state index contributed by atoms with van der Waals surface area (Å²) >= 11 is 15.6. The van der Waals surface area contributed by atoms with Crippen molar-refractivity contribution < 1.29 is 0 Å². The SMILES string of the molecule is CC1CCN(c2ncc(Cl)cc2Cl)C1CBr. The second kappa shape index (κ2) is 5.11. The smallest absolute Gasteiger partial charge is 0.147 e. The fourth-order valence-corrected chi connectivity index (χ4v) is 3.60. The van der Waals surface area contributed by atoms with Gasteiger partial charge in [-0.1, -0.05) is 46.1 Å². The number of alkyl halides is 1. The predicted octanol–water partition coefficient (Wildman–Crippen LogP) is 4.00. The summed E-state index contributed by atoms with van der Waals surface area (Å²) < 4.78 is 0. The molecule has 1 aliphatic rings. The van der Waals surface area contributed by atoms with Crippen molar-refractivity contribution in [2.75, 3.05) is 16.8 Å². The molecule has 2 nitrogen and oxygen atoms in total. The summed E-state index contributed by atoms with van der Waals surface area (Å²) in [6.07, 6.45) is 2.83. The minimum atomic E-state index is 0.464. The summed E-state index contributed by atoms with van der Waals surface area (Å²) in [4.78, 5) is 6.60. The van der Waals surface area contributed by atoms with Crippen molar-refractivity contribution in [1.82, 2.24) is 4.98 Å². The van der Waals surface area contributed by atoms with E-state index in [1.54, 1.807) is 12.3 Å². The van der Waals surface area contributed by atoms with Crippen LogP contribution in [-0.2, 0) is 0 Å². The highest BCUT2D eigenvalue weighted by molar-refractivity contribution is 9.09. The summed E-state index contributed by atoms with van der Waals surface area (Å²) in [6.45, 7) is 3.27. The first-order valence-electron chi connectivity index (χ1n) is 5.27. The quantitative estimate of drug-likeness (QED) is 0.765. The van der Waals surface area contributed by atoms with E-state index in [1.807, 2.05) is 0 Å². The van der Waals surface area contributed by atoms with Gasteiger partial charge in [-0.25, -0.2) is 4.98 Å². The van der Waals surface area contributed by atoms with Crippen molar-refractivity contribution in [1.29, 1.82) is 0 Å².